The standard InChI is InChI=1S/C9H15NO/c1-8(2)6-10-5-3-4-9(11)7-10/h3-4,8H,5-7H2,1-2H3. The lowest BCUT2D eigenvalue weighted by molar-refractivity contribution is -0.116. The highest BCUT2D eigenvalue weighted by Gasteiger charge is 2.12. The number of ketones is 1. The van der Waals surface area contributed by atoms with Gasteiger partial charge in [0, 0.05) is 13.1 Å². The van der Waals surface area contributed by atoms with Crippen molar-refractivity contribution < 1.29 is 4.79 Å². The molecule has 0 saturated heterocycles. The van der Waals surface area contributed by atoms with Gasteiger partial charge in [-0.2, -0.15) is 0 Å². The van der Waals surface area contributed by atoms with Gasteiger partial charge >= 0.3 is 0 Å². The summed E-state index contributed by atoms with van der Waals surface area (Å²) in [6.45, 7) is 6.90. The van der Waals surface area contributed by atoms with Gasteiger partial charge in [-0.15, -0.1) is 0 Å². The Bertz CT molecular complexity index is 172. The predicted molar refractivity (Wildman–Crippen MR) is 45.4 cm³/mol. The summed E-state index contributed by atoms with van der Waals surface area (Å²) in [6, 6.07) is 0. The number of carbonyl (C=O) groups excluding carboxylic acids is 1. The summed E-state index contributed by atoms with van der Waals surface area (Å²) in [5, 5.41) is 0. The van der Waals surface area contributed by atoms with Crippen molar-refractivity contribution in [2.45, 2.75) is 13.8 Å². The summed E-state index contributed by atoms with van der Waals surface area (Å²) < 4.78 is 0. The SMILES string of the molecule is CC(C)CN1CC=CC(=O)C1. The zero-order valence-electron chi connectivity index (χ0n) is 7.21. The minimum absolute atomic E-state index is 0.233. The number of hydrogen-bond acceptors (Lipinski definition) is 2. The average molecular weight is 153 g/mol. The molecular weight excluding hydrogens is 138 g/mol. The lowest BCUT2D eigenvalue weighted by Crippen LogP contribution is -2.35. The average Bonchev–Trinajstić information content (AvgIpc) is 1.85. The zero-order chi connectivity index (χ0) is 8.27. The summed E-state index contributed by atoms with van der Waals surface area (Å²) in [6.07, 6.45) is 3.62. The second kappa shape index (κ2) is 3.67. The van der Waals surface area contributed by atoms with Crippen LogP contribution >= 0.6 is 0 Å². The first-order valence-electron chi connectivity index (χ1n) is 4.10. The van der Waals surface area contributed by atoms with Gasteiger partial charge in [-0.25, -0.2) is 0 Å². The molecule has 2 heteroatoms. The summed E-state index contributed by atoms with van der Waals surface area (Å²) in [5.74, 6) is 0.881. The maximum Gasteiger partial charge on any atom is 0.169 e. The Morgan fingerprint density at radius 2 is 2.36 bits per heavy atom. The molecule has 1 heterocycles. The molecule has 1 rings (SSSR count). The van der Waals surface area contributed by atoms with Crippen molar-refractivity contribution in [3.63, 3.8) is 0 Å². The van der Waals surface area contributed by atoms with Crippen molar-refractivity contribution in [2.24, 2.45) is 5.92 Å². The summed E-state index contributed by atoms with van der Waals surface area (Å²) >= 11 is 0. The fraction of sp³-hybridized carbons (Fsp3) is 0.667. The van der Waals surface area contributed by atoms with Gasteiger partial charge < -0.3 is 0 Å². The van der Waals surface area contributed by atoms with Crippen molar-refractivity contribution in [2.75, 3.05) is 19.6 Å². The normalized spacial score (nSPS) is 19.7. The van der Waals surface area contributed by atoms with Crippen molar-refractivity contribution in [3.05, 3.63) is 12.2 Å². The largest absolute Gasteiger partial charge is 0.293 e. The highest BCUT2D eigenvalue weighted by molar-refractivity contribution is 5.92. The van der Waals surface area contributed by atoms with Crippen molar-refractivity contribution in [1.82, 2.24) is 4.90 Å². The van der Waals surface area contributed by atoms with Gasteiger partial charge in [0.05, 0.1) is 6.54 Å². The van der Waals surface area contributed by atoms with Crippen LogP contribution in [-0.4, -0.2) is 30.3 Å². The second-order valence-electron chi connectivity index (χ2n) is 3.46. The fourth-order valence-electron chi connectivity index (χ4n) is 1.33. The van der Waals surface area contributed by atoms with Gasteiger partial charge in [0.2, 0.25) is 0 Å². The first kappa shape index (κ1) is 8.47. The molecule has 0 bridgehead atoms. The van der Waals surface area contributed by atoms with Crippen molar-refractivity contribution in [3.8, 4) is 0 Å². The Balaban J connectivity index is 2.37. The van der Waals surface area contributed by atoms with Gasteiger partial charge in [-0.05, 0) is 12.0 Å². The molecule has 0 unspecified atom stereocenters. The molecule has 0 amide bonds. The highest BCUT2D eigenvalue weighted by Crippen LogP contribution is 2.02. The molecule has 0 aromatic heterocycles. The molecule has 0 spiro atoms. The zero-order valence-corrected chi connectivity index (χ0v) is 7.21. The fourth-order valence-corrected chi connectivity index (χ4v) is 1.33. The third kappa shape index (κ3) is 2.85. The van der Waals surface area contributed by atoms with Crippen LogP contribution in [0.15, 0.2) is 12.2 Å². The van der Waals surface area contributed by atoms with Crippen LogP contribution in [0.3, 0.4) is 0 Å². The summed E-state index contributed by atoms with van der Waals surface area (Å²) in [4.78, 5) is 13.1. The Kier molecular flexibility index (Phi) is 2.83. The van der Waals surface area contributed by atoms with Crippen LogP contribution in [0.1, 0.15) is 13.8 Å². The molecule has 2 nitrogen and oxygen atoms in total. The van der Waals surface area contributed by atoms with Crippen LogP contribution < -0.4 is 0 Å². The van der Waals surface area contributed by atoms with E-state index in [0.29, 0.717) is 12.5 Å². The van der Waals surface area contributed by atoms with Crippen LogP contribution in [0.5, 0.6) is 0 Å². The Labute approximate surface area is 67.9 Å². The van der Waals surface area contributed by atoms with Gasteiger partial charge in [-0.3, -0.25) is 9.69 Å². The molecule has 62 valence electrons. The van der Waals surface area contributed by atoms with Crippen LogP contribution in [0.4, 0.5) is 0 Å². The topological polar surface area (TPSA) is 20.3 Å². The monoisotopic (exact) mass is 153 g/mol. The van der Waals surface area contributed by atoms with Crippen molar-refractivity contribution >= 4 is 5.78 Å². The second-order valence-corrected chi connectivity index (χ2v) is 3.46. The van der Waals surface area contributed by atoms with E-state index >= 15 is 0 Å². The molecule has 0 aromatic carbocycles. The lowest BCUT2D eigenvalue weighted by Gasteiger charge is -2.23. The van der Waals surface area contributed by atoms with Crippen molar-refractivity contribution in [1.29, 1.82) is 0 Å². The third-order valence-electron chi connectivity index (χ3n) is 1.67. The Morgan fingerprint density at radius 1 is 1.64 bits per heavy atom. The third-order valence-corrected chi connectivity index (χ3v) is 1.67. The molecule has 0 radical (unpaired) electrons. The molecule has 1 aliphatic rings. The van der Waals surface area contributed by atoms with E-state index in [1.54, 1.807) is 6.08 Å². The molecule has 0 aliphatic carbocycles. The van der Waals surface area contributed by atoms with Gasteiger partial charge in [0.15, 0.2) is 5.78 Å². The lowest BCUT2D eigenvalue weighted by atomic mass is 10.1. The smallest absolute Gasteiger partial charge is 0.169 e. The van der Waals surface area contributed by atoms with Gasteiger partial charge in [0.1, 0.15) is 0 Å². The van der Waals surface area contributed by atoms with Gasteiger partial charge in [-0.1, -0.05) is 19.9 Å². The Morgan fingerprint density at radius 3 is 2.91 bits per heavy atom. The first-order chi connectivity index (χ1) is 5.18. The minimum Gasteiger partial charge on any atom is -0.293 e. The molecule has 0 fully saturated rings. The van der Waals surface area contributed by atoms with E-state index in [1.807, 2.05) is 6.08 Å². The first-order valence-corrected chi connectivity index (χ1v) is 4.10. The van der Waals surface area contributed by atoms with E-state index in [1.165, 1.54) is 0 Å². The number of carbonyl (C=O) groups is 1. The maximum absolute atomic E-state index is 10.9. The van der Waals surface area contributed by atoms with Gasteiger partial charge in [0.25, 0.3) is 0 Å². The molecule has 1 aliphatic heterocycles. The van der Waals surface area contributed by atoms with E-state index in [2.05, 4.69) is 18.7 Å². The summed E-state index contributed by atoms with van der Waals surface area (Å²) in [7, 11) is 0. The molecule has 0 N–H and O–H groups in total. The van der Waals surface area contributed by atoms with E-state index in [9.17, 15) is 4.79 Å². The van der Waals surface area contributed by atoms with Crippen LogP contribution in [0.2, 0.25) is 0 Å². The summed E-state index contributed by atoms with van der Waals surface area (Å²) in [5.41, 5.74) is 0. The number of hydrogen-bond donors (Lipinski definition) is 0. The van der Waals surface area contributed by atoms with Crippen LogP contribution in [0.25, 0.3) is 0 Å². The van der Waals surface area contributed by atoms with E-state index in [0.717, 1.165) is 13.1 Å². The molecular formula is C9H15NO. The number of nitrogens with zero attached hydrogens (tertiary/aromatic N) is 1. The predicted octanol–water partition coefficient (Wildman–Crippen LogP) is 1.08. The number of rotatable bonds is 2. The van der Waals surface area contributed by atoms with Crippen LogP contribution in [-0.2, 0) is 4.79 Å². The minimum atomic E-state index is 0.233. The molecule has 0 aromatic rings. The highest BCUT2D eigenvalue weighted by atomic mass is 16.1. The maximum atomic E-state index is 10.9. The van der Waals surface area contributed by atoms with E-state index in [4.69, 9.17) is 0 Å². The van der Waals surface area contributed by atoms with E-state index in [-0.39, 0.29) is 5.78 Å². The molecule has 0 saturated carbocycles. The molecule has 0 atom stereocenters. The Hall–Kier alpha value is -0.630. The van der Waals surface area contributed by atoms with E-state index < -0.39 is 0 Å². The van der Waals surface area contributed by atoms with Crippen LogP contribution in [0, 0.1) is 5.92 Å². The molecule has 11 heavy (non-hydrogen) atoms. The quantitative estimate of drug-likeness (QED) is 0.591.